The van der Waals surface area contributed by atoms with Crippen LogP contribution in [0.4, 0.5) is 5.69 Å². The quantitative estimate of drug-likeness (QED) is 0.657. The van der Waals surface area contributed by atoms with Gasteiger partial charge >= 0.3 is 0 Å². The highest BCUT2D eigenvalue weighted by atomic mass is 79.9. The molecule has 6 nitrogen and oxygen atoms in total. The number of fused-ring (bicyclic) bond motifs is 1. The molecule has 1 fully saturated rings. The molecule has 2 heterocycles. The summed E-state index contributed by atoms with van der Waals surface area (Å²) in [7, 11) is 0. The number of rotatable bonds is 5. The molecule has 0 aliphatic carbocycles. The lowest BCUT2D eigenvalue weighted by atomic mass is 10.2. The average Bonchev–Trinajstić information content (AvgIpc) is 3.29. The van der Waals surface area contributed by atoms with Crippen LogP contribution in [0, 0.1) is 0 Å². The zero-order valence-electron chi connectivity index (χ0n) is 16.3. The number of carbonyl (C=O) groups is 3. The van der Waals surface area contributed by atoms with Gasteiger partial charge in [0.25, 0.3) is 5.91 Å². The molecule has 0 aromatic heterocycles. The second-order valence-corrected chi connectivity index (χ2v) is 9.39. The summed E-state index contributed by atoms with van der Waals surface area (Å²) in [5.74, 6) is -0.744. The fraction of sp³-hybridized carbons (Fsp3) is 0.318. The number of amides is 3. The number of nitrogens with one attached hydrogen (secondary N) is 1. The lowest BCUT2D eigenvalue weighted by Gasteiger charge is -2.34. The van der Waals surface area contributed by atoms with Gasteiger partial charge in [0, 0.05) is 29.0 Å². The minimum absolute atomic E-state index is 0.114. The van der Waals surface area contributed by atoms with Gasteiger partial charge in [0.15, 0.2) is 5.25 Å². The van der Waals surface area contributed by atoms with Crippen LogP contribution >= 0.6 is 27.7 Å². The van der Waals surface area contributed by atoms with E-state index < -0.39 is 5.25 Å². The number of halogens is 1. The van der Waals surface area contributed by atoms with Crippen LogP contribution in [-0.2, 0) is 20.9 Å². The van der Waals surface area contributed by atoms with Crippen molar-refractivity contribution < 1.29 is 14.4 Å². The van der Waals surface area contributed by atoms with Crippen molar-refractivity contribution in [2.45, 2.75) is 29.5 Å². The van der Waals surface area contributed by atoms with Gasteiger partial charge in [0.2, 0.25) is 11.8 Å². The first-order valence-electron chi connectivity index (χ1n) is 9.90. The van der Waals surface area contributed by atoms with Gasteiger partial charge in [-0.3, -0.25) is 14.4 Å². The van der Waals surface area contributed by atoms with Crippen LogP contribution in [0.1, 0.15) is 18.4 Å². The monoisotopic (exact) mass is 487 g/mol. The summed E-state index contributed by atoms with van der Waals surface area (Å²) >= 11 is 4.67. The lowest BCUT2D eigenvalue weighted by Crippen LogP contribution is -2.51. The maximum Gasteiger partial charge on any atom is 0.250 e. The molecule has 156 valence electrons. The zero-order valence-corrected chi connectivity index (χ0v) is 18.7. The minimum atomic E-state index is -0.836. The standard InChI is InChI=1S/C22H22BrN3O3S/c23-16-9-7-15(8-10-16)13-24-19(27)14-26-17-5-1-2-6-18(17)30-20(22(26)29)21(28)25-11-3-4-12-25/h1-2,5-10,20H,3-4,11-14H2,(H,24,27). The Labute approximate surface area is 188 Å². The van der Waals surface area contributed by atoms with Crippen molar-refractivity contribution in [2.24, 2.45) is 0 Å². The van der Waals surface area contributed by atoms with Crippen LogP contribution in [0.15, 0.2) is 57.9 Å². The van der Waals surface area contributed by atoms with Gasteiger partial charge in [-0.1, -0.05) is 40.2 Å². The Morgan fingerprint density at radius 3 is 2.50 bits per heavy atom. The number of likely N-dealkylation sites (tertiary alicyclic amines) is 1. The van der Waals surface area contributed by atoms with E-state index in [4.69, 9.17) is 0 Å². The number of carbonyl (C=O) groups excluding carboxylic acids is 3. The highest BCUT2D eigenvalue weighted by Gasteiger charge is 2.41. The Bertz CT molecular complexity index is 960. The molecular weight excluding hydrogens is 466 g/mol. The predicted octanol–water partition coefficient (Wildman–Crippen LogP) is 3.20. The van der Waals surface area contributed by atoms with Gasteiger partial charge < -0.3 is 15.1 Å². The second-order valence-electron chi connectivity index (χ2n) is 7.33. The van der Waals surface area contributed by atoms with Crippen LogP contribution in [0.25, 0.3) is 0 Å². The van der Waals surface area contributed by atoms with Crippen molar-refractivity contribution in [3.63, 3.8) is 0 Å². The normalized spacial score (nSPS) is 18.3. The van der Waals surface area contributed by atoms with Crippen molar-refractivity contribution in [1.82, 2.24) is 10.2 Å². The molecule has 2 aliphatic rings. The molecule has 0 spiro atoms. The third-order valence-corrected chi connectivity index (χ3v) is 7.00. The first-order valence-corrected chi connectivity index (χ1v) is 11.6. The molecule has 0 bridgehead atoms. The summed E-state index contributed by atoms with van der Waals surface area (Å²) < 4.78 is 0.972. The molecule has 2 aromatic rings. The van der Waals surface area contributed by atoms with E-state index in [0.29, 0.717) is 25.3 Å². The van der Waals surface area contributed by atoms with Crippen LogP contribution < -0.4 is 10.2 Å². The molecule has 0 saturated carbocycles. The lowest BCUT2D eigenvalue weighted by molar-refractivity contribution is -0.134. The molecule has 2 aromatic carbocycles. The number of hydrogen-bond donors (Lipinski definition) is 1. The average molecular weight is 488 g/mol. The summed E-state index contributed by atoms with van der Waals surface area (Å²) in [5, 5.41) is 2.03. The second kappa shape index (κ2) is 9.22. The van der Waals surface area contributed by atoms with Crippen molar-refractivity contribution in [3.8, 4) is 0 Å². The van der Waals surface area contributed by atoms with Crippen LogP contribution in [0.5, 0.6) is 0 Å². The zero-order chi connectivity index (χ0) is 21.1. The minimum Gasteiger partial charge on any atom is -0.350 e. The maximum absolute atomic E-state index is 13.2. The third kappa shape index (κ3) is 4.54. The predicted molar refractivity (Wildman–Crippen MR) is 120 cm³/mol. The first kappa shape index (κ1) is 20.9. The number of benzene rings is 2. The molecule has 1 atom stereocenters. The molecule has 1 N–H and O–H groups in total. The molecule has 1 unspecified atom stereocenters. The Morgan fingerprint density at radius 1 is 1.07 bits per heavy atom. The van der Waals surface area contributed by atoms with Crippen molar-refractivity contribution in [1.29, 1.82) is 0 Å². The maximum atomic E-state index is 13.2. The van der Waals surface area contributed by atoms with Crippen molar-refractivity contribution >= 4 is 51.1 Å². The molecular formula is C22H22BrN3O3S. The highest BCUT2D eigenvalue weighted by molar-refractivity contribution is 9.10. The summed E-state index contributed by atoms with van der Waals surface area (Å²) in [5.41, 5.74) is 1.64. The number of nitrogens with zero attached hydrogens (tertiary/aromatic N) is 2. The van der Waals surface area contributed by atoms with Gasteiger partial charge in [-0.15, -0.1) is 11.8 Å². The van der Waals surface area contributed by atoms with E-state index in [1.165, 1.54) is 16.7 Å². The fourth-order valence-electron chi connectivity index (χ4n) is 3.64. The summed E-state index contributed by atoms with van der Waals surface area (Å²) in [6.07, 6.45) is 1.94. The molecule has 2 aliphatic heterocycles. The summed E-state index contributed by atoms with van der Waals surface area (Å²) in [6, 6.07) is 15.1. The molecule has 3 amide bonds. The molecule has 1 saturated heterocycles. The first-order chi connectivity index (χ1) is 14.5. The van der Waals surface area contributed by atoms with Gasteiger partial charge in [0.1, 0.15) is 6.54 Å². The smallest absolute Gasteiger partial charge is 0.250 e. The SMILES string of the molecule is O=C(CN1C(=O)C(C(=O)N2CCCC2)Sc2ccccc21)NCc1ccc(Br)cc1. The van der Waals surface area contributed by atoms with E-state index in [9.17, 15) is 14.4 Å². The number of thioether (sulfide) groups is 1. The Morgan fingerprint density at radius 2 is 1.77 bits per heavy atom. The van der Waals surface area contributed by atoms with Crippen LogP contribution in [0.3, 0.4) is 0 Å². The van der Waals surface area contributed by atoms with E-state index in [-0.39, 0.29) is 24.3 Å². The molecule has 30 heavy (non-hydrogen) atoms. The molecule has 4 rings (SSSR count). The van der Waals surface area contributed by atoms with E-state index >= 15 is 0 Å². The van der Waals surface area contributed by atoms with Gasteiger partial charge in [-0.05, 0) is 42.7 Å². The number of anilines is 1. The Balaban J connectivity index is 1.48. The Kier molecular flexibility index (Phi) is 6.43. The van der Waals surface area contributed by atoms with Crippen LogP contribution in [0.2, 0.25) is 0 Å². The number of para-hydroxylation sites is 1. The number of hydrogen-bond acceptors (Lipinski definition) is 4. The van der Waals surface area contributed by atoms with Crippen LogP contribution in [-0.4, -0.2) is 47.5 Å². The van der Waals surface area contributed by atoms with Gasteiger partial charge in [-0.25, -0.2) is 0 Å². The van der Waals surface area contributed by atoms with Gasteiger partial charge in [-0.2, -0.15) is 0 Å². The van der Waals surface area contributed by atoms with E-state index in [1.807, 2.05) is 48.5 Å². The van der Waals surface area contributed by atoms with E-state index in [1.54, 1.807) is 4.90 Å². The van der Waals surface area contributed by atoms with Crippen molar-refractivity contribution in [3.05, 3.63) is 58.6 Å². The van der Waals surface area contributed by atoms with Gasteiger partial charge in [0.05, 0.1) is 5.69 Å². The Hall–Kier alpha value is -2.32. The van der Waals surface area contributed by atoms with Crippen molar-refractivity contribution in [2.75, 3.05) is 24.5 Å². The van der Waals surface area contributed by atoms with E-state index in [2.05, 4.69) is 21.2 Å². The summed E-state index contributed by atoms with van der Waals surface area (Å²) in [6.45, 7) is 1.65. The molecule has 8 heteroatoms. The summed E-state index contributed by atoms with van der Waals surface area (Å²) in [4.78, 5) is 42.8. The third-order valence-electron chi connectivity index (χ3n) is 5.24. The van der Waals surface area contributed by atoms with E-state index in [0.717, 1.165) is 27.8 Å². The fourth-order valence-corrected chi connectivity index (χ4v) is 5.09. The largest absolute Gasteiger partial charge is 0.350 e. The molecule has 0 radical (unpaired) electrons. The highest BCUT2D eigenvalue weighted by Crippen LogP contribution is 2.39. The topological polar surface area (TPSA) is 69.7 Å².